The highest BCUT2D eigenvalue weighted by Crippen LogP contribution is 2.35. The van der Waals surface area contributed by atoms with Gasteiger partial charge in [0.05, 0.1) is 13.2 Å². The average molecular weight is 460 g/mol. The molecule has 0 radical (unpaired) electrons. The Morgan fingerprint density at radius 3 is 2.61 bits per heavy atom. The lowest BCUT2D eigenvalue weighted by Gasteiger charge is -2.17. The quantitative estimate of drug-likeness (QED) is 0.513. The Morgan fingerprint density at radius 1 is 1.06 bits per heavy atom. The van der Waals surface area contributed by atoms with Crippen LogP contribution < -0.4 is 15.6 Å². The summed E-state index contributed by atoms with van der Waals surface area (Å²) in [6, 6.07) is 13.7. The number of nitrogens with one attached hydrogen (secondary N) is 1. The zero-order valence-corrected chi connectivity index (χ0v) is 18.6. The molecule has 1 saturated carbocycles. The van der Waals surface area contributed by atoms with Gasteiger partial charge in [-0.05, 0) is 66.1 Å². The Bertz CT molecular complexity index is 1340. The molecule has 3 aromatic rings. The van der Waals surface area contributed by atoms with Gasteiger partial charge in [0.25, 0.3) is 5.56 Å². The van der Waals surface area contributed by atoms with Gasteiger partial charge < -0.3 is 14.6 Å². The van der Waals surface area contributed by atoms with E-state index in [2.05, 4.69) is 10.2 Å². The highest BCUT2D eigenvalue weighted by atomic mass is 35.5. The van der Waals surface area contributed by atoms with Crippen LogP contribution in [-0.2, 0) is 4.79 Å². The molecular weight excluding hydrogens is 438 g/mol. The van der Waals surface area contributed by atoms with Crippen LogP contribution in [0.3, 0.4) is 0 Å². The van der Waals surface area contributed by atoms with Gasteiger partial charge in [-0.1, -0.05) is 35.9 Å². The third-order valence-electron chi connectivity index (χ3n) is 6.10. The van der Waals surface area contributed by atoms with E-state index in [0.29, 0.717) is 64.2 Å². The maximum atomic E-state index is 13.6. The normalized spacial score (nSPS) is 17.5. The molecule has 2 heterocycles. The van der Waals surface area contributed by atoms with E-state index >= 15 is 0 Å². The van der Waals surface area contributed by atoms with Gasteiger partial charge in [-0.25, -0.2) is 4.85 Å². The molecule has 0 bridgehead atoms. The second kappa shape index (κ2) is 8.76. The van der Waals surface area contributed by atoms with Gasteiger partial charge in [0.15, 0.2) is 5.69 Å². The topological polar surface area (TPSA) is 64.7 Å². The molecule has 5 rings (SSSR count). The van der Waals surface area contributed by atoms with Gasteiger partial charge in [-0.15, -0.1) is 0 Å². The number of halogens is 1. The van der Waals surface area contributed by atoms with E-state index in [4.69, 9.17) is 22.9 Å². The summed E-state index contributed by atoms with van der Waals surface area (Å²) in [4.78, 5) is 29.7. The number of aromatic nitrogens is 1. The van der Waals surface area contributed by atoms with E-state index in [1.807, 2.05) is 18.2 Å². The number of nitrogens with zero attached hydrogens (tertiary/aromatic N) is 2. The summed E-state index contributed by atoms with van der Waals surface area (Å²) in [7, 11) is 0. The number of benzene rings is 2. The predicted octanol–water partition coefficient (Wildman–Crippen LogP) is 5.24. The van der Waals surface area contributed by atoms with Crippen molar-refractivity contribution in [1.29, 1.82) is 0 Å². The van der Waals surface area contributed by atoms with Crippen LogP contribution in [0.2, 0.25) is 5.02 Å². The summed E-state index contributed by atoms with van der Waals surface area (Å²) in [6.07, 6.45) is 4.55. The van der Waals surface area contributed by atoms with Crippen molar-refractivity contribution < 1.29 is 9.53 Å². The van der Waals surface area contributed by atoms with E-state index in [9.17, 15) is 9.59 Å². The summed E-state index contributed by atoms with van der Waals surface area (Å²) in [6.45, 7) is 8.69. The molecule has 1 unspecified atom stereocenters. The Kier molecular flexibility index (Phi) is 5.65. The fourth-order valence-corrected chi connectivity index (χ4v) is 4.37. The molecule has 1 saturated heterocycles. The third kappa shape index (κ3) is 4.37. The van der Waals surface area contributed by atoms with Gasteiger partial charge in [0.2, 0.25) is 5.91 Å². The minimum absolute atomic E-state index is 0.182. The van der Waals surface area contributed by atoms with Crippen molar-refractivity contribution in [2.24, 2.45) is 5.92 Å². The van der Waals surface area contributed by atoms with E-state index < -0.39 is 6.04 Å². The van der Waals surface area contributed by atoms with Crippen LogP contribution in [0.15, 0.2) is 59.5 Å². The third-order valence-corrected chi connectivity index (χ3v) is 6.32. The largest absolute Gasteiger partial charge is 0.493 e. The fourth-order valence-electron chi connectivity index (χ4n) is 4.15. The number of pyridine rings is 1. The van der Waals surface area contributed by atoms with Crippen LogP contribution in [0.5, 0.6) is 5.75 Å². The summed E-state index contributed by atoms with van der Waals surface area (Å²) in [5.74, 6) is 1.01. The van der Waals surface area contributed by atoms with Crippen LogP contribution in [0.4, 0.5) is 5.69 Å². The van der Waals surface area contributed by atoms with Crippen molar-refractivity contribution in [3.8, 4) is 28.0 Å². The van der Waals surface area contributed by atoms with Crippen molar-refractivity contribution in [2.45, 2.75) is 25.3 Å². The number of carbonyl (C=O) groups is 1. The fraction of sp³-hybridized carbons (Fsp3) is 0.269. The van der Waals surface area contributed by atoms with E-state index in [0.717, 1.165) is 0 Å². The Balaban J connectivity index is 1.67. The number of para-hydroxylation sites is 1. The van der Waals surface area contributed by atoms with Crippen LogP contribution in [-0.4, -0.2) is 23.6 Å². The number of amides is 1. The lowest BCUT2D eigenvalue weighted by Crippen LogP contribution is -2.30. The van der Waals surface area contributed by atoms with Crippen LogP contribution in [0, 0.1) is 12.5 Å². The Morgan fingerprint density at radius 2 is 1.88 bits per heavy atom. The molecule has 166 valence electrons. The highest BCUT2D eigenvalue weighted by Gasteiger charge is 2.28. The number of ether oxygens (including phenoxy) is 1. The molecule has 1 aliphatic heterocycles. The van der Waals surface area contributed by atoms with Crippen molar-refractivity contribution >= 4 is 23.2 Å². The lowest BCUT2D eigenvalue weighted by molar-refractivity contribution is -0.121. The lowest BCUT2D eigenvalue weighted by atomic mass is 9.99. The molecule has 1 aliphatic carbocycles. The highest BCUT2D eigenvalue weighted by molar-refractivity contribution is 6.31. The zero-order valence-electron chi connectivity index (χ0n) is 17.9. The van der Waals surface area contributed by atoms with Crippen molar-refractivity contribution in [1.82, 2.24) is 9.88 Å². The molecule has 1 N–H and O–H groups in total. The van der Waals surface area contributed by atoms with E-state index in [1.54, 1.807) is 36.5 Å². The van der Waals surface area contributed by atoms with Gasteiger partial charge in [0, 0.05) is 23.3 Å². The van der Waals surface area contributed by atoms with Gasteiger partial charge in [0.1, 0.15) is 11.8 Å². The maximum Gasteiger partial charge on any atom is 0.259 e. The summed E-state index contributed by atoms with van der Waals surface area (Å²) in [5.41, 5.74) is 2.61. The number of rotatable bonds is 6. The van der Waals surface area contributed by atoms with Crippen LogP contribution in [0.1, 0.15) is 25.3 Å². The van der Waals surface area contributed by atoms with Crippen molar-refractivity contribution in [3.63, 3.8) is 0 Å². The smallest absolute Gasteiger partial charge is 0.259 e. The minimum Gasteiger partial charge on any atom is -0.493 e. The second-order valence-electron chi connectivity index (χ2n) is 8.51. The summed E-state index contributed by atoms with van der Waals surface area (Å²) >= 11 is 6.38. The first-order chi connectivity index (χ1) is 16.0. The average Bonchev–Trinajstić information content (AvgIpc) is 3.56. The van der Waals surface area contributed by atoms with Gasteiger partial charge in [-0.3, -0.25) is 9.59 Å². The molecule has 1 atom stereocenters. The molecule has 6 nitrogen and oxygen atoms in total. The molecule has 2 aromatic carbocycles. The predicted molar refractivity (Wildman–Crippen MR) is 128 cm³/mol. The minimum atomic E-state index is -0.596. The van der Waals surface area contributed by atoms with Crippen LogP contribution >= 0.6 is 11.6 Å². The maximum absolute atomic E-state index is 13.6. The zero-order chi connectivity index (χ0) is 22.9. The first kappa shape index (κ1) is 21.3. The molecule has 33 heavy (non-hydrogen) atoms. The van der Waals surface area contributed by atoms with Gasteiger partial charge in [-0.2, -0.15) is 0 Å². The molecule has 1 aromatic heterocycles. The Labute approximate surface area is 196 Å². The van der Waals surface area contributed by atoms with Crippen molar-refractivity contribution in [3.05, 3.63) is 81.5 Å². The SMILES string of the molecule is [C-]#[N+]c1ccccc1-c1cc(-c2cc(Cl)cc(OCC3CC3)c2)c(=O)n(C2CCNC2=O)c1. The molecule has 2 fully saturated rings. The number of hydrogen-bond acceptors (Lipinski definition) is 3. The van der Waals surface area contributed by atoms with E-state index in [-0.39, 0.29) is 11.5 Å². The molecule has 2 aliphatic rings. The Hall–Kier alpha value is -3.56. The molecule has 0 spiro atoms. The number of hydrogen-bond donors (Lipinski definition) is 1. The second-order valence-corrected chi connectivity index (χ2v) is 8.95. The molecule has 7 heteroatoms. The van der Waals surface area contributed by atoms with Gasteiger partial charge >= 0.3 is 0 Å². The number of carbonyl (C=O) groups excluding carboxylic acids is 1. The summed E-state index contributed by atoms with van der Waals surface area (Å²) in [5, 5.41) is 3.27. The standard InChI is InChI=1S/C26H22ClN3O3/c1-28-23-5-3-2-4-21(23)18-12-22(26(32)30(14-18)24-8-9-29-25(24)31)17-10-19(27)13-20(11-17)33-15-16-6-7-16/h2-5,10-14,16,24H,6-9,15H2,(H,29,31). The first-order valence-electron chi connectivity index (χ1n) is 11.0. The van der Waals surface area contributed by atoms with Crippen molar-refractivity contribution in [2.75, 3.05) is 13.2 Å². The van der Waals surface area contributed by atoms with Crippen LogP contribution in [0.25, 0.3) is 27.1 Å². The molecule has 1 amide bonds. The molecular formula is C26H22ClN3O3. The van der Waals surface area contributed by atoms with E-state index in [1.165, 1.54) is 17.4 Å². The monoisotopic (exact) mass is 459 g/mol. The first-order valence-corrected chi connectivity index (χ1v) is 11.4. The summed E-state index contributed by atoms with van der Waals surface area (Å²) < 4.78 is 7.40.